The number of nitrogens with zero attached hydrogens (tertiary/aromatic N) is 2. The number of fused-ring (bicyclic) bond motifs is 1. The van der Waals surface area contributed by atoms with E-state index in [0.29, 0.717) is 23.1 Å². The van der Waals surface area contributed by atoms with Crippen LogP contribution in [0.4, 0.5) is 0 Å². The lowest BCUT2D eigenvalue weighted by Gasteiger charge is -2.25. The minimum Gasteiger partial charge on any atom is -0.507 e. The Hall–Kier alpha value is -4.78. The second-order valence-electron chi connectivity index (χ2n) is 8.77. The molecule has 1 saturated heterocycles. The summed E-state index contributed by atoms with van der Waals surface area (Å²) in [6.07, 6.45) is 3.53. The maximum atomic E-state index is 13.2. The third-order valence-electron chi connectivity index (χ3n) is 6.60. The fourth-order valence-electron chi connectivity index (χ4n) is 4.69. The lowest BCUT2D eigenvalue weighted by molar-refractivity contribution is -0.139. The van der Waals surface area contributed by atoms with Crippen molar-refractivity contribution >= 4 is 34.2 Å². The number of ketones is 1. The average molecular weight is 493 g/mol. The number of aromatic nitrogens is 1. The number of ether oxygens (including phenoxy) is 1. The second-order valence-corrected chi connectivity index (χ2v) is 8.77. The lowest BCUT2D eigenvalue weighted by Crippen LogP contribution is -2.31. The zero-order valence-corrected chi connectivity index (χ0v) is 20.1. The van der Waals surface area contributed by atoms with Crippen molar-refractivity contribution in [1.29, 1.82) is 0 Å². The molecule has 1 unspecified atom stereocenters. The van der Waals surface area contributed by atoms with E-state index in [0.717, 1.165) is 16.3 Å². The summed E-state index contributed by atoms with van der Waals surface area (Å²) in [4.78, 5) is 43.8. The molecule has 1 fully saturated rings. The molecule has 37 heavy (non-hydrogen) atoms. The van der Waals surface area contributed by atoms with Gasteiger partial charge in [0.2, 0.25) is 0 Å². The van der Waals surface area contributed by atoms with E-state index in [-0.39, 0.29) is 17.9 Å². The molecule has 0 spiro atoms. The van der Waals surface area contributed by atoms with Gasteiger partial charge >= 0.3 is 5.97 Å². The minimum atomic E-state index is -0.819. The molecule has 1 N–H and O–H groups in total. The Balaban J connectivity index is 1.54. The molecule has 4 aromatic rings. The predicted molar refractivity (Wildman–Crippen MR) is 139 cm³/mol. The van der Waals surface area contributed by atoms with Crippen molar-refractivity contribution in [2.24, 2.45) is 0 Å². The highest BCUT2D eigenvalue weighted by atomic mass is 16.5. The van der Waals surface area contributed by atoms with Gasteiger partial charge in [-0.15, -0.1) is 0 Å². The normalized spacial score (nSPS) is 16.8. The third kappa shape index (κ3) is 4.59. The smallest absolute Gasteiger partial charge is 0.337 e. The largest absolute Gasteiger partial charge is 0.507 e. The Morgan fingerprint density at radius 2 is 1.62 bits per heavy atom. The molecule has 1 aliphatic heterocycles. The molecule has 1 aliphatic rings. The summed E-state index contributed by atoms with van der Waals surface area (Å²) in [6.45, 7) is 0.263. The SMILES string of the molecule is COC(=O)c1ccc(C2C(=C(O)c3ccncc3)C(=O)C(=O)N2CCc2ccc3ccccc3c2)cc1. The average Bonchev–Trinajstić information content (AvgIpc) is 3.20. The minimum absolute atomic E-state index is 0.000490. The van der Waals surface area contributed by atoms with Crippen LogP contribution in [0, 0.1) is 0 Å². The highest BCUT2D eigenvalue weighted by Gasteiger charge is 2.45. The summed E-state index contributed by atoms with van der Waals surface area (Å²) in [6, 6.07) is 23.0. The summed E-state index contributed by atoms with van der Waals surface area (Å²) in [5.41, 5.74) is 2.35. The van der Waals surface area contributed by atoms with Crippen LogP contribution in [-0.4, -0.2) is 46.3 Å². The van der Waals surface area contributed by atoms with Crippen LogP contribution in [0.1, 0.15) is 33.1 Å². The van der Waals surface area contributed by atoms with E-state index in [9.17, 15) is 19.5 Å². The number of aliphatic hydroxyl groups excluding tert-OH is 1. The molecule has 3 aromatic carbocycles. The van der Waals surface area contributed by atoms with E-state index in [1.165, 1.54) is 24.4 Å². The van der Waals surface area contributed by atoms with Gasteiger partial charge in [0, 0.05) is 24.5 Å². The first-order valence-electron chi connectivity index (χ1n) is 11.8. The summed E-state index contributed by atoms with van der Waals surface area (Å²) in [5.74, 6) is -2.20. The van der Waals surface area contributed by atoms with Gasteiger partial charge in [-0.25, -0.2) is 4.79 Å². The molecule has 0 bridgehead atoms. The van der Waals surface area contributed by atoms with Crippen molar-refractivity contribution in [3.05, 3.63) is 119 Å². The first-order chi connectivity index (χ1) is 18.0. The highest BCUT2D eigenvalue weighted by molar-refractivity contribution is 6.46. The maximum absolute atomic E-state index is 13.2. The Labute approximate surface area is 213 Å². The van der Waals surface area contributed by atoms with E-state index in [4.69, 9.17) is 4.74 Å². The number of methoxy groups -OCH3 is 1. The van der Waals surface area contributed by atoms with Crippen molar-refractivity contribution in [3.8, 4) is 0 Å². The Bertz CT molecular complexity index is 1530. The molecule has 1 amide bonds. The van der Waals surface area contributed by atoms with Gasteiger partial charge in [0.1, 0.15) is 5.76 Å². The van der Waals surface area contributed by atoms with Crippen LogP contribution in [0.25, 0.3) is 16.5 Å². The van der Waals surface area contributed by atoms with Crippen LogP contribution in [0.15, 0.2) is 96.8 Å². The van der Waals surface area contributed by atoms with Gasteiger partial charge < -0.3 is 14.7 Å². The molecule has 0 aliphatic carbocycles. The molecular weight excluding hydrogens is 468 g/mol. The zero-order chi connectivity index (χ0) is 25.9. The Morgan fingerprint density at radius 3 is 2.32 bits per heavy atom. The van der Waals surface area contributed by atoms with Crippen LogP contribution < -0.4 is 0 Å². The number of hydrogen-bond acceptors (Lipinski definition) is 6. The Morgan fingerprint density at radius 1 is 0.919 bits per heavy atom. The van der Waals surface area contributed by atoms with Crippen molar-refractivity contribution in [1.82, 2.24) is 9.88 Å². The van der Waals surface area contributed by atoms with Crippen molar-refractivity contribution in [2.75, 3.05) is 13.7 Å². The second kappa shape index (κ2) is 10.1. The molecule has 5 rings (SSSR count). The first kappa shape index (κ1) is 23.9. The van der Waals surface area contributed by atoms with Crippen LogP contribution in [0.5, 0.6) is 0 Å². The van der Waals surface area contributed by atoms with Gasteiger partial charge in [-0.1, -0.05) is 54.6 Å². The number of amides is 1. The molecule has 2 heterocycles. The number of benzene rings is 3. The molecule has 7 nitrogen and oxygen atoms in total. The number of rotatable bonds is 6. The van der Waals surface area contributed by atoms with Crippen molar-refractivity contribution < 1.29 is 24.2 Å². The number of likely N-dealkylation sites (tertiary alicyclic amines) is 1. The summed E-state index contributed by atoms with van der Waals surface area (Å²) in [5, 5.41) is 13.3. The number of aliphatic hydroxyl groups is 1. The number of carbonyl (C=O) groups excluding carboxylic acids is 3. The summed E-state index contributed by atoms with van der Waals surface area (Å²) < 4.78 is 4.78. The van der Waals surface area contributed by atoms with Crippen LogP contribution in [-0.2, 0) is 20.7 Å². The monoisotopic (exact) mass is 492 g/mol. The topological polar surface area (TPSA) is 96.8 Å². The van der Waals surface area contributed by atoms with E-state index in [2.05, 4.69) is 11.1 Å². The van der Waals surface area contributed by atoms with E-state index < -0.39 is 23.7 Å². The zero-order valence-electron chi connectivity index (χ0n) is 20.1. The van der Waals surface area contributed by atoms with E-state index in [1.54, 1.807) is 36.4 Å². The third-order valence-corrected chi connectivity index (χ3v) is 6.60. The van der Waals surface area contributed by atoms with Gasteiger partial charge in [0.05, 0.1) is 24.3 Å². The standard InChI is InChI=1S/C30H24N2O5/c1-37-30(36)23-10-8-21(9-11-23)26-25(27(33)22-12-15-31-16-13-22)28(34)29(35)32(26)17-14-19-6-7-20-4-2-3-5-24(20)18-19/h2-13,15-16,18,26,33H,14,17H2,1H3. The number of carbonyl (C=O) groups is 3. The summed E-state index contributed by atoms with van der Waals surface area (Å²) in [7, 11) is 1.30. The fourth-order valence-corrected chi connectivity index (χ4v) is 4.69. The molecule has 0 saturated carbocycles. The first-order valence-corrected chi connectivity index (χ1v) is 11.8. The quantitative estimate of drug-likeness (QED) is 0.182. The number of Topliss-reactive ketones (excluding diaryl/α,β-unsaturated/α-hetero) is 1. The fraction of sp³-hybridized carbons (Fsp3) is 0.133. The van der Waals surface area contributed by atoms with Crippen LogP contribution in [0.2, 0.25) is 0 Å². The van der Waals surface area contributed by atoms with Gasteiger partial charge in [-0.2, -0.15) is 0 Å². The molecular formula is C30H24N2O5. The predicted octanol–water partition coefficient (Wildman–Crippen LogP) is 4.69. The Kier molecular flexibility index (Phi) is 6.51. The summed E-state index contributed by atoms with van der Waals surface area (Å²) >= 11 is 0. The number of esters is 1. The van der Waals surface area contributed by atoms with Gasteiger partial charge in [0.25, 0.3) is 11.7 Å². The van der Waals surface area contributed by atoms with Crippen LogP contribution in [0.3, 0.4) is 0 Å². The number of pyridine rings is 1. The number of hydrogen-bond donors (Lipinski definition) is 1. The van der Waals surface area contributed by atoms with Crippen molar-refractivity contribution in [3.63, 3.8) is 0 Å². The van der Waals surface area contributed by atoms with E-state index in [1.807, 2.05) is 36.4 Å². The van der Waals surface area contributed by atoms with Gasteiger partial charge in [0.15, 0.2) is 0 Å². The van der Waals surface area contributed by atoms with Gasteiger partial charge in [-0.3, -0.25) is 14.6 Å². The maximum Gasteiger partial charge on any atom is 0.337 e. The van der Waals surface area contributed by atoms with Gasteiger partial charge in [-0.05, 0) is 52.6 Å². The van der Waals surface area contributed by atoms with Crippen LogP contribution >= 0.6 is 0 Å². The molecule has 184 valence electrons. The van der Waals surface area contributed by atoms with E-state index >= 15 is 0 Å². The van der Waals surface area contributed by atoms with Crippen molar-refractivity contribution in [2.45, 2.75) is 12.5 Å². The molecule has 1 atom stereocenters. The molecule has 7 heteroatoms. The molecule has 0 radical (unpaired) electrons. The lowest BCUT2D eigenvalue weighted by atomic mass is 9.94. The highest BCUT2D eigenvalue weighted by Crippen LogP contribution is 2.39. The molecule has 1 aromatic heterocycles.